The predicted molar refractivity (Wildman–Crippen MR) is 101 cm³/mol. The van der Waals surface area contributed by atoms with E-state index in [9.17, 15) is 0 Å². The van der Waals surface area contributed by atoms with Crippen molar-refractivity contribution in [3.8, 4) is 11.4 Å². The predicted octanol–water partition coefficient (Wildman–Crippen LogP) is 2.98. The summed E-state index contributed by atoms with van der Waals surface area (Å²) in [5, 5.41) is 8.76. The van der Waals surface area contributed by atoms with Gasteiger partial charge in [-0.3, -0.25) is 9.67 Å². The zero-order chi connectivity index (χ0) is 17.5. The lowest BCUT2D eigenvalue weighted by atomic mass is 10.2. The molecule has 0 bridgehead atoms. The third-order valence-electron chi connectivity index (χ3n) is 4.70. The van der Waals surface area contributed by atoms with E-state index < -0.39 is 0 Å². The van der Waals surface area contributed by atoms with Crippen LogP contribution in [0.5, 0.6) is 0 Å². The molecule has 0 fully saturated rings. The minimum absolute atomic E-state index is 0.569. The van der Waals surface area contributed by atoms with Gasteiger partial charge in [-0.2, -0.15) is 5.10 Å². The van der Waals surface area contributed by atoms with Crippen molar-refractivity contribution in [3.63, 3.8) is 0 Å². The van der Waals surface area contributed by atoms with Crippen molar-refractivity contribution in [1.29, 1.82) is 0 Å². The molecule has 0 unspecified atom stereocenters. The van der Waals surface area contributed by atoms with Crippen LogP contribution in [0.3, 0.4) is 0 Å². The molecule has 5 rings (SSSR count). The van der Waals surface area contributed by atoms with Crippen molar-refractivity contribution in [2.24, 2.45) is 7.05 Å². The maximum Gasteiger partial charge on any atom is 0.164 e. The molecule has 0 aromatic carbocycles. The lowest BCUT2D eigenvalue weighted by Gasteiger charge is -2.10. The van der Waals surface area contributed by atoms with Crippen molar-refractivity contribution in [1.82, 2.24) is 29.7 Å². The summed E-state index contributed by atoms with van der Waals surface area (Å²) in [6.45, 7) is 0.569. The minimum Gasteiger partial charge on any atom is -0.362 e. The molecule has 0 amide bonds. The van der Waals surface area contributed by atoms with Gasteiger partial charge in [-0.05, 0) is 37.0 Å². The van der Waals surface area contributed by atoms with Crippen molar-refractivity contribution < 1.29 is 0 Å². The number of aromatic nitrogens is 6. The van der Waals surface area contributed by atoms with Gasteiger partial charge in [0.1, 0.15) is 22.8 Å². The molecule has 1 N–H and O–H groups in total. The number of hydrogen-bond donors (Lipinski definition) is 1. The van der Waals surface area contributed by atoms with Crippen LogP contribution in [0, 0.1) is 0 Å². The van der Waals surface area contributed by atoms with Gasteiger partial charge in [0.15, 0.2) is 5.82 Å². The van der Waals surface area contributed by atoms with Crippen LogP contribution in [0.25, 0.3) is 21.6 Å². The SMILES string of the molecule is Cn1ncnc1CNc1nc(-c2cccnc2)nc2sc3c(c12)CCC3. The van der Waals surface area contributed by atoms with E-state index in [2.05, 4.69) is 20.4 Å². The van der Waals surface area contributed by atoms with Crippen molar-refractivity contribution in [3.05, 3.63) is 47.1 Å². The van der Waals surface area contributed by atoms with Gasteiger partial charge in [0.05, 0.1) is 11.9 Å². The second-order valence-corrected chi connectivity index (χ2v) is 7.41. The van der Waals surface area contributed by atoms with E-state index >= 15 is 0 Å². The molecule has 0 atom stereocenters. The molecule has 1 aliphatic carbocycles. The van der Waals surface area contributed by atoms with Gasteiger partial charge in [-0.25, -0.2) is 15.0 Å². The Kier molecular flexibility index (Phi) is 3.63. The molecule has 4 heterocycles. The molecule has 0 saturated heterocycles. The monoisotopic (exact) mass is 363 g/mol. The van der Waals surface area contributed by atoms with Crippen LogP contribution >= 0.6 is 11.3 Å². The summed E-state index contributed by atoms with van der Waals surface area (Å²) < 4.78 is 1.77. The molecular weight excluding hydrogens is 346 g/mol. The number of anilines is 1. The summed E-state index contributed by atoms with van der Waals surface area (Å²) in [7, 11) is 1.89. The topological polar surface area (TPSA) is 81.4 Å². The molecule has 7 nitrogen and oxygen atoms in total. The van der Waals surface area contributed by atoms with Crippen molar-refractivity contribution in [2.75, 3.05) is 5.32 Å². The smallest absolute Gasteiger partial charge is 0.164 e. The maximum atomic E-state index is 4.84. The molecule has 4 aromatic rings. The Bertz CT molecular complexity index is 1080. The molecular formula is C18H17N7S. The zero-order valence-electron chi connectivity index (χ0n) is 14.3. The number of fused-ring (bicyclic) bond motifs is 3. The zero-order valence-corrected chi connectivity index (χ0v) is 15.1. The fraction of sp³-hybridized carbons (Fsp3) is 0.278. The highest BCUT2D eigenvalue weighted by Gasteiger charge is 2.22. The van der Waals surface area contributed by atoms with E-state index in [1.807, 2.05) is 19.2 Å². The normalized spacial score (nSPS) is 13.3. The Balaban J connectivity index is 1.62. The standard InChI is InChI=1S/C18H17N7S/c1-25-14(21-10-22-25)9-20-17-15-12-5-2-6-13(12)26-18(15)24-16(23-17)11-4-3-7-19-8-11/h3-4,7-8,10H,2,5-6,9H2,1H3,(H,20,23,24). The Morgan fingerprint density at radius 2 is 2.23 bits per heavy atom. The summed E-state index contributed by atoms with van der Waals surface area (Å²) in [5.41, 5.74) is 2.33. The maximum absolute atomic E-state index is 4.84. The summed E-state index contributed by atoms with van der Waals surface area (Å²) in [6.07, 6.45) is 8.58. The molecule has 130 valence electrons. The first-order valence-electron chi connectivity index (χ1n) is 8.59. The third-order valence-corrected chi connectivity index (χ3v) is 5.89. The van der Waals surface area contributed by atoms with Crippen LogP contribution in [0.2, 0.25) is 0 Å². The molecule has 0 spiro atoms. The summed E-state index contributed by atoms with van der Waals surface area (Å²) >= 11 is 1.79. The second-order valence-electron chi connectivity index (χ2n) is 6.33. The second kappa shape index (κ2) is 6.14. The van der Waals surface area contributed by atoms with Gasteiger partial charge in [-0.1, -0.05) is 0 Å². The lowest BCUT2D eigenvalue weighted by Crippen LogP contribution is -2.09. The molecule has 0 aliphatic heterocycles. The van der Waals surface area contributed by atoms with Crippen LogP contribution in [-0.4, -0.2) is 29.7 Å². The van der Waals surface area contributed by atoms with Gasteiger partial charge < -0.3 is 5.32 Å². The van der Waals surface area contributed by atoms with E-state index in [0.717, 1.165) is 40.3 Å². The van der Waals surface area contributed by atoms with Crippen LogP contribution in [0.4, 0.5) is 5.82 Å². The lowest BCUT2D eigenvalue weighted by molar-refractivity contribution is 0.711. The number of nitrogens with one attached hydrogen (secondary N) is 1. The van der Waals surface area contributed by atoms with E-state index in [0.29, 0.717) is 12.4 Å². The highest BCUT2D eigenvalue weighted by molar-refractivity contribution is 7.19. The summed E-state index contributed by atoms with van der Waals surface area (Å²) in [5.74, 6) is 2.44. The van der Waals surface area contributed by atoms with E-state index in [1.165, 1.54) is 16.9 Å². The Morgan fingerprint density at radius 3 is 3.04 bits per heavy atom. The van der Waals surface area contributed by atoms with Gasteiger partial charge in [0.25, 0.3) is 0 Å². The number of nitrogens with zero attached hydrogens (tertiary/aromatic N) is 6. The van der Waals surface area contributed by atoms with Gasteiger partial charge in [0.2, 0.25) is 0 Å². The molecule has 26 heavy (non-hydrogen) atoms. The Morgan fingerprint density at radius 1 is 1.27 bits per heavy atom. The number of hydrogen-bond acceptors (Lipinski definition) is 7. The Hall–Kier alpha value is -2.87. The number of aryl methyl sites for hydroxylation is 3. The molecule has 4 aromatic heterocycles. The average Bonchev–Trinajstić information content (AvgIpc) is 3.36. The number of rotatable bonds is 4. The van der Waals surface area contributed by atoms with Crippen molar-refractivity contribution in [2.45, 2.75) is 25.8 Å². The largest absolute Gasteiger partial charge is 0.362 e. The van der Waals surface area contributed by atoms with Crippen LogP contribution in [0.1, 0.15) is 22.7 Å². The first-order chi connectivity index (χ1) is 12.8. The number of pyridine rings is 1. The summed E-state index contributed by atoms with van der Waals surface area (Å²) in [6, 6.07) is 3.89. The molecule has 0 radical (unpaired) electrons. The molecule has 1 aliphatic rings. The van der Waals surface area contributed by atoms with Gasteiger partial charge in [-0.15, -0.1) is 11.3 Å². The molecule has 8 heteroatoms. The van der Waals surface area contributed by atoms with E-state index in [-0.39, 0.29) is 0 Å². The van der Waals surface area contributed by atoms with Crippen LogP contribution in [0.15, 0.2) is 30.9 Å². The fourth-order valence-electron chi connectivity index (χ4n) is 3.39. The highest BCUT2D eigenvalue weighted by atomic mass is 32.1. The number of thiophene rings is 1. The third kappa shape index (κ3) is 2.53. The molecule has 0 saturated carbocycles. The van der Waals surface area contributed by atoms with E-state index in [1.54, 1.807) is 34.7 Å². The van der Waals surface area contributed by atoms with Crippen LogP contribution < -0.4 is 5.32 Å². The van der Waals surface area contributed by atoms with Crippen molar-refractivity contribution >= 4 is 27.4 Å². The fourth-order valence-corrected chi connectivity index (χ4v) is 4.65. The average molecular weight is 363 g/mol. The minimum atomic E-state index is 0.569. The first kappa shape index (κ1) is 15.4. The van der Waals surface area contributed by atoms with Gasteiger partial charge in [0, 0.05) is 29.9 Å². The first-order valence-corrected chi connectivity index (χ1v) is 9.40. The van der Waals surface area contributed by atoms with Gasteiger partial charge >= 0.3 is 0 Å². The van der Waals surface area contributed by atoms with E-state index in [4.69, 9.17) is 9.97 Å². The van der Waals surface area contributed by atoms with Crippen LogP contribution in [-0.2, 0) is 26.4 Å². The quantitative estimate of drug-likeness (QED) is 0.600. The Labute approximate surface area is 154 Å². The highest BCUT2D eigenvalue weighted by Crippen LogP contribution is 2.40. The summed E-state index contributed by atoms with van der Waals surface area (Å²) in [4.78, 5) is 20.6.